The van der Waals surface area contributed by atoms with Crippen LogP contribution in [0.4, 0.5) is 5.95 Å². The van der Waals surface area contributed by atoms with E-state index in [0.717, 1.165) is 16.7 Å². The number of hydrogen-bond donors (Lipinski definition) is 1. The highest BCUT2D eigenvalue weighted by atomic mass is 32.2. The molecule has 10 nitrogen and oxygen atoms in total. The molecule has 1 unspecified atom stereocenters. The van der Waals surface area contributed by atoms with Crippen LogP contribution in [0.1, 0.15) is 79.7 Å². The van der Waals surface area contributed by atoms with Gasteiger partial charge in [0.1, 0.15) is 21.9 Å². The molecule has 0 amide bonds. The Morgan fingerprint density at radius 3 is 2.42 bits per heavy atom. The number of nitrogens with one attached hydrogen (secondary N) is 1. The lowest BCUT2D eigenvalue weighted by atomic mass is 9.40. The molecule has 0 radical (unpaired) electrons. The monoisotopic (exact) mass is 560 g/mol. The summed E-state index contributed by atoms with van der Waals surface area (Å²) < 4.78 is 28.0. The van der Waals surface area contributed by atoms with Gasteiger partial charge in [0.25, 0.3) is 0 Å². The molecular formula is C29H32N6O4S. The zero-order valence-corrected chi connectivity index (χ0v) is 24.3. The van der Waals surface area contributed by atoms with Crippen LogP contribution >= 0.6 is 0 Å². The van der Waals surface area contributed by atoms with Gasteiger partial charge in [0.15, 0.2) is 5.69 Å². The van der Waals surface area contributed by atoms with Crippen LogP contribution in [0.25, 0.3) is 6.08 Å². The number of carbonyl (C=O) groups excluding carboxylic acids is 1. The van der Waals surface area contributed by atoms with Crippen molar-refractivity contribution in [1.82, 2.24) is 9.97 Å². The molecule has 3 aliphatic rings. The normalized spacial score (nSPS) is 22.1. The average molecular weight is 561 g/mol. The number of benzene rings is 1. The van der Waals surface area contributed by atoms with E-state index in [0.29, 0.717) is 25.0 Å². The van der Waals surface area contributed by atoms with Gasteiger partial charge in [-0.25, -0.2) is 9.78 Å². The van der Waals surface area contributed by atoms with Gasteiger partial charge >= 0.3 is 5.97 Å². The molecule has 2 bridgehead atoms. The van der Waals surface area contributed by atoms with E-state index in [1.165, 1.54) is 12.3 Å². The van der Waals surface area contributed by atoms with Crippen molar-refractivity contribution in [3.63, 3.8) is 0 Å². The number of hydrogen-bond acceptors (Lipinski definition) is 10. The first kappa shape index (κ1) is 29.1. The summed E-state index contributed by atoms with van der Waals surface area (Å²) in [6.45, 7) is 10.9. The van der Waals surface area contributed by atoms with Gasteiger partial charge in [0, 0.05) is 11.6 Å². The smallest absolute Gasteiger partial charge is 0.357 e. The van der Waals surface area contributed by atoms with Crippen LogP contribution in [0.2, 0.25) is 0 Å². The van der Waals surface area contributed by atoms with Crippen LogP contribution in [-0.2, 0) is 16.1 Å². The van der Waals surface area contributed by atoms with Crippen molar-refractivity contribution in [3.8, 4) is 23.8 Å². The summed E-state index contributed by atoms with van der Waals surface area (Å²) >= 11 is -1.62. The third-order valence-electron chi connectivity index (χ3n) is 6.86. The van der Waals surface area contributed by atoms with E-state index in [-0.39, 0.29) is 40.6 Å². The number of aromatic nitrogens is 2. The number of anilines is 1. The Kier molecular flexibility index (Phi) is 7.93. The first-order valence-corrected chi connectivity index (χ1v) is 14.0. The maximum absolute atomic E-state index is 13.1. The molecule has 40 heavy (non-hydrogen) atoms. The number of rotatable bonds is 9. The molecule has 3 aliphatic carbocycles. The highest BCUT2D eigenvalue weighted by Crippen LogP contribution is 2.67. The third kappa shape index (κ3) is 5.81. The van der Waals surface area contributed by atoms with E-state index in [4.69, 9.17) is 14.7 Å². The maximum atomic E-state index is 13.1. The van der Waals surface area contributed by atoms with E-state index in [9.17, 15) is 14.6 Å². The SMILES string of the molecule is CCOC(=O)c1nc(NC23CC(C#N)(C2)C3)nc(Oc2c(C)cc(/C=C/C#N)cc2C)c1C=N[S+]([O-])C(C)(C)C. The van der Waals surface area contributed by atoms with Gasteiger partial charge < -0.3 is 19.3 Å². The molecule has 208 valence electrons. The van der Waals surface area contributed by atoms with Crippen LogP contribution in [0.15, 0.2) is 22.6 Å². The van der Waals surface area contributed by atoms with Crippen molar-refractivity contribution in [2.24, 2.45) is 9.81 Å². The van der Waals surface area contributed by atoms with Gasteiger partial charge in [-0.1, -0.05) is 4.40 Å². The number of nitriles is 2. The summed E-state index contributed by atoms with van der Waals surface area (Å²) in [5.74, 6) is 0.0250. The van der Waals surface area contributed by atoms with E-state index >= 15 is 0 Å². The zero-order valence-electron chi connectivity index (χ0n) is 23.5. The fraction of sp³-hybridized carbons (Fsp3) is 0.448. The minimum atomic E-state index is -1.62. The van der Waals surface area contributed by atoms with Crippen LogP contribution < -0.4 is 10.1 Å². The van der Waals surface area contributed by atoms with Gasteiger partial charge in [-0.05, 0) is 95.7 Å². The lowest BCUT2D eigenvalue weighted by Gasteiger charge is -2.66. The van der Waals surface area contributed by atoms with E-state index in [2.05, 4.69) is 25.8 Å². The molecule has 11 heteroatoms. The molecule has 5 rings (SSSR count). The van der Waals surface area contributed by atoms with Gasteiger partial charge in [0.05, 0.1) is 35.9 Å². The molecule has 1 atom stereocenters. The van der Waals surface area contributed by atoms with Crippen molar-refractivity contribution in [2.75, 3.05) is 11.9 Å². The topological polar surface area (TPSA) is 156 Å². The fourth-order valence-corrected chi connectivity index (χ4v) is 5.58. The highest BCUT2D eigenvalue weighted by molar-refractivity contribution is 7.91. The summed E-state index contributed by atoms with van der Waals surface area (Å²) in [7, 11) is 0. The molecule has 1 aromatic carbocycles. The van der Waals surface area contributed by atoms with Gasteiger partial charge in [-0.3, -0.25) is 0 Å². The number of nitrogens with zero attached hydrogens (tertiary/aromatic N) is 5. The molecule has 0 spiro atoms. The predicted octanol–water partition coefficient (Wildman–Crippen LogP) is 5.34. The molecule has 0 saturated heterocycles. The van der Waals surface area contributed by atoms with Crippen LogP contribution in [0, 0.1) is 41.9 Å². The molecule has 3 fully saturated rings. The number of aryl methyl sites for hydroxylation is 2. The Bertz CT molecular complexity index is 1440. The Hall–Kier alpha value is -3.93. The summed E-state index contributed by atoms with van der Waals surface area (Å²) in [5.41, 5.74) is 1.85. The summed E-state index contributed by atoms with van der Waals surface area (Å²) in [4.78, 5) is 22.2. The maximum Gasteiger partial charge on any atom is 0.357 e. The standard InChI is InChI=1S/C29H32N6O4S/c1-7-38-25(36)22-21(13-32-40(37)27(4,5)6)24(34-26(33-22)35-29-14-28(15-29,16-29)17-31)39-23-18(2)11-20(9-8-10-30)12-19(23)3/h8-9,11-13H,7,14-16H2,1-6H3,(H,33,34,35)/b9-8+,32-13?. The Morgan fingerprint density at radius 2 is 1.88 bits per heavy atom. The van der Waals surface area contributed by atoms with Crippen LogP contribution in [-0.4, -0.2) is 43.6 Å². The first-order valence-electron chi connectivity index (χ1n) is 12.9. The van der Waals surface area contributed by atoms with Gasteiger partial charge in [-0.2, -0.15) is 15.5 Å². The van der Waals surface area contributed by atoms with Crippen molar-refractivity contribution < 1.29 is 18.8 Å². The number of carbonyl (C=O) groups is 1. The number of ether oxygens (including phenoxy) is 2. The molecule has 3 saturated carbocycles. The lowest BCUT2D eigenvalue weighted by molar-refractivity contribution is -0.0665. The minimum absolute atomic E-state index is 0.0447. The second kappa shape index (κ2) is 10.9. The minimum Gasteiger partial charge on any atom is -0.591 e. The molecule has 1 heterocycles. The molecule has 2 aromatic rings. The summed E-state index contributed by atoms with van der Waals surface area (Å²) in [5, 5.41) is 21.6. The Morgan fingerprint density at radius 1 is 1.23 bits per heavy atom. The number of esters is 1. The first-order chi connectivity index (χ1) is 18.8. The highest BCUT2D eigenvalue weighted by Gasteiger charge is 2.69. The van der Waals surface area contributed by atoms with E-state index in [1.807, 2.05) is 32.0 Å². The zero-order chi connectivity index (χ0) is 29.3. The van der Waals surface area contributed by atoms with Crippen LogP contribution in [0.5, 0.6) is 11.6 Å². The molecular weight excluding hydrogens is 528 g/mol. The second-order valence-electron chi connectivity index (χ2n) is 11.3. The quantitative estimate of drug-likeness (QED) is 0.185. The average Bonchev–Trinajstić information content (AvgIpc) is 2.84. The Balaban J connectivity index is 1.81. The predicted molar refractivity (Wildman–Crippen MR) is 152 cm³/mol. The van der Waals surface area contributed by atoms with Crippen LogP contribution in [0.3, 0.4) is 0 Å². The number of allylic oxidation sites excluding steroid dienone is 1. The van der Waals surface area contributed by atoms with Gasteiger partial charge in [-0.15, -0.1) is 0 Å². The Labute approximate surface area is 237 Å². The van der Waals surface area contributed by atoms with E-state index in [1.54, 1.807) is 33.8 Å². The summed E-state index contributed by atoms with van der Waals surface area (Å²) in [6.07, 6.45) is 6.42. The van der Waals surface area contributed by atoms with Crippen molar-refractivity contribution in [1.29, 1.82) is 10.5 Å². The van der Waals surface area contributed by atoms with E-state index < -0.39 is 22.1 Å². The molecule has 1 aromatic heterocycles. The van der Waals surface area contributed by atoms with Crippen molar-refractivity contribution in [3.05, 3.63) is 46.2 Å². The third-order valence-corrected chi connectivity index (χ3v) is 8.20. The largest absolute Gasteiger partial charge is 0.591 e. The van der Waals surface area contributed by atoms with Crippen molar-refractivity contribution in [2.45, 2.75) is 71.1 Å². The molecule has 0 aliphatic heterocycles. The van der Waals surface area contributed by atoms with Crippen molar-refractivity contribution >= 4 is 35.6 Å². The molecule has 1 N–H and O–H groups in total. The summed E-state index contributed by atoms with van der Waals surface area (Å²) in [6, 6.07) is 8.10. The lowest BCUT2D eigenvalue weighted by Crippen LogP contribution is -2.70. The fourth-order valence-electron chi connectivity index (χ4n) is 5.06. The second-order valence-corrected chi connectivity index (χ2v) is 13.2. The van der Waals surface area contributed by atoms with Gasteiger partial charge in [0.2, 0.25) is 11.8 Å².